The fourth-order valence-electron chi connectivity index (χ4n) is 3.20. The van der Waals surface area contributed by atoms with Crippen molar-refractivity contribution in [3.63, 3.8) is 0 Å². The summed E-state index contributed by atoms with van der Waals surface area (Å²) in [5.41, 5.74) is 1.53. The van der Waals surface area contributed by atoms with Gasteiger partial charge in [0, 0.05) is 24.2 Å². The van der Waals surface area contributed by atoms with Crippen LogP contribution in [0.15, 0.2) is 78.9 Å². The Morgan fingerprint density at radius 2 is 1.62 bits per heavy atom. The summed E-state index contributed by atoms with van der Waals surface area (Å²) in [6.45, 7) is 1.91. The molecule has 9 heteroatoms. The Balaban J connectivity index is 1.60. The predicted molar refractivity (Wildman–Crippen MR) is 128 cm³/mol. The molecule has 0 aliphatic carbocycles. The maximum Gasteiger partial charge on any atom is 0.270 e. The van der Waals surface area contributed by atoms with Gasteiger partial charge < -0.3 is 16.0 Å². The van der Waals surface area contributed by atoms with E-state index in [0.29, 0.717) is 24.2 Å². The molecule has 3 rings (SSSR count). The number of hydrogen-bond acceptors (Lipinski definition) is 5. The molecule has 3 aromatic carbocycles. The van der Waals surface area contributed by atoms with Crippen molar-refractivity contribution in [3.05, 3.63) is 106 Å². The van der Waals surface area contributed by atoms with E-state index in [4.69, 9.17) is 0 Å². The van der Waals surface area contributed by atoms with Crippen LogP contribution in [0, 0.1) is 10.1 Å². The first-order valence-corrected chi connectivity index (χ1v) is 10.6. The summed E-state index contributed by atoms with van der Waals surface area (Å²) < 4.78 is 0. The highest BCUT2D eigenvalue weighted by Crippen LogP contribution is 2.16. The molecule has 3 aromatic rings. The van der Waals surface area contributed by atoms with E-state index in [1.807, 2.05) is 30.3 Å². The van der Waals surface area contributed by atoms with Gasteiger partial charge in [-0.1, -0.05) is 48.5 Å². The summed E-state index contributed by atoms with van der Waals surface area (Å²) in [6.07, 6.45) is 0.668. The molecule has 0 bridgehead atoms. The van der Waals surface area contributed by atoms with E-state index < -0.39 is 22.8 Å². The van der Waals surface area contributed by atoms with E-state index in [1.165, 1.54) is 25.1 Å². The molecule has 0 aliphatic rings. The molecule has 0 spiro atoms. The van der Waals surface area contributed by atoms with E-state index in [-0.39, 0.29) is 17.2 Å². The highest BCUT2D eigenvalue weighted by atomic mass is 16.6. The fraction of sp³-hybridized carbons (Fsp3) is 0.160. The van der Waals surface area contributed by atoms with Crippen LogP contribution in [0.3, 0.4) is 0 Å². The largest absolute Gasteiger partial charge is 0.352 e. The molecular formula is C25H24N4O5. The third kappa shape index (κ3) is 6.49. The van der Waals surface area contributed by atoms with Crippen LogP contribution < -0.4 is 16.0 Å². The van der Waals surface area contributed by atoms with Crippen molar-refractivity contribution in [3.8, 4) is 0 Å². The molecule has 1 unspecified atom stereocenters. The Morgan fingerprint density at radius 3 is 2.35 bits per heavy atom. The summed E-state index contributed by atoms with van der Waals surface area (Å²) in [7, 11) is 0. The molecule has 3 N–H and O–H groups in total. The number of carbonyl (C=O) groups is 3. The van der Waals surface area contributed by atoms with Gasteiger partial charge in [-0.3, -0.25) is 24.5 Å². The maximum absolute atomic E-state index is 12.7. The second-order valence-electron chi connectivity index (χ2n) is 7.53. The number of anilines is 1. The highest BCUT2D eigenvalue weighted by molar-refractivity contribution is 6.06. The Hall–Kier alpha value is -4.53. The quantitative estimate of drug-likeness (QED) is 0.333. The van der Waals surface area contributed by atoms with E-state index in [0.717, 1.165) is 11.6 Å². The number of nitro benzene ring substituents is 1. The van der Waals surface area contributed by atoms with Crippen LogP contribution in [0.25, 0.3) is 0 Å². The first-order valence-electron chi connectivity index (χ1n) is 10.6. The van der Waals surface area contributed by atoms with Crippen molar-refractivity contribution in [2.75, 3.05) is 11.9 Å². The number of para-hydroxylation sites is 1. The van der Waals surface area contributed by atoms with E-state index >= 15 is 0 Å². The van der Waals surface area contributed by atoms with Crippen molar-refractivity contribution >= 4 is 29.1 Å². The van der Waals surface area contributed by atoms with Crippen LogP contribution in [0.5, 0.6) is 0 Å². The van der Waals surface area contributed by atoms with Crippen molar-refractivity contribution in [1.82, 2.24) is 10.6 Å². The number of nitrogens with zero attached hydrogens (tertiary/aromatic N) is 1. The molecule has 3 amide bonds. The van der Waals surface area contributed by atoms with Gasteiger partial charge in [0.2, 0.25) is 5.91 Å². The zero-order chi connectivity index (χ0) is 24.5. The average molecular weight is 460 g/mol. The van der Waals surface area contributed by atoms with Gasteiger partial charge in [-0.25, -0.2) is 0 Å². The van der Waals surface area contributed by atoms with Crippen molar-refractivity contribution < 1.29 is 19.3 Å². The molecule has 1 atom stereocenters. The minimum atomic E-state index is -0.957. The first kappa shape index (κ1) is 24.1. The van der Waals surface area contributed by atoms with Crippen LogP contribution in [-0.4, -0.2) is 35.2 Å². The molecule has 174 valence electrons. The molecule has 9 nitrogen and oxygen atoms in total. The lowest BCUT2D eigenvalue weighted by atomic mass is 10.1. The van der Waals surface area contributed by atoms with Gasteiger partial charge >= 0.3 is 0 Å². The topological polar surface area (TPSA) is 130 Å². The predicted octanol–water partition coefficient (Wildman–Crippen LogP) is 3.32. The van der Waals surface area contributed by atoms with Crippen LogP contribution >= 0.6 is 0 Å². The Kier molecular flexibility index (Phi) is 8.07. The highest BCUT2D eigenvalue weighted by Gasteiger charge is 2.20. The summed E-state index contributed by atoms with van der Waals surface area (Å²) in [5, 5.41) is 18.9. The number of benzene rings is 3. The summed E-state index contributed by atoms with van der Waals surface area (Å²) >= 11 is 0. The van der Waals surface area contributed by atoms with E-state index in [9.17, 15) is 24.5 Å². The normalized spacial score (nSPS) is 11.2. The minimum Gasteiger partial charge on any atom is -0.352 e. The molecule has 0 aromatic heterocycles. The number of non-ortho nitro benzene ring substituents is 1. The molecular weight excluding hydrogens is 436 g/mol. The van der Waals surface area contributed by atoms with Gasteiger partial charge in [-0.05, 0) is 37.1 Å². The second-order valence-corrected chi connectivity index (χ2v) is 7.53. The van der Waals surface area contributed by atoms with Crippen molar-refractivity contribution in [2.45, 2.75) is 19.4 Å². The lowest BCUT2D eigenvalue weighted by Crippen LogP contribution is -2.42. The number of hydrogen-bond donors (Lipinski definition) is 3. The number of nitro groups is 1. The van der Waals surface area contributed by atoms with Crippen LogP contribution in [-0.2, 0) is 11.2 Å². The van der Waals surface area contributed by atoms with E-state index in [2.05, 4.69) is 16.0 Å². The number of carbonyl (C=O) groups excluding carboxylic acids is 3. The Bertz CT molecular complexity index is 1200. The third-order valence-corrected chi connectivity index (χ3v) is 5.03. The molecule has 0 heterocycles. The van der Waals surface area contributed by atoms with Crippen LogP contribution in [0.1, 0.15) is 33.2 Å². The number of rotatable bonds is 9. The zero-order valence-corrected chi connectivity index (χ0v) is 18.5. The standard InChI is InChI=1S/C25H24N4O5/c1-17(27-24(31)19-10-7-11-20(16-19)29(33)34)23(30)28-22-13-6-5-12-21(22)25(32)26-15-14-18-8-3-2-4-9-18/h2-13,16-17H,14-15H2,1H3,(H,26,32)(H,27,31)(H,28,30). The Morgan fingerprint density at radius 1 is 0.912 bits per heavy atom. The van der Waals surface area contributed by atoms with Crippen LogP contribution in [0.4, 0.5) is 11.4 Å². The smallest absolute Gasteiger partial charge is 0.270 e. The average Bonchev–Trinajstić information content (AvgIpc) is 2.85. The lowest BCUT2D eigenvalue weighted by Gasteiger charge is -2.16. The van der Waals surface area contributed by atoms with Gasteiger partial charge in [-0.15, -0.1) is 0 Å². The van der Waals surface area contributed by atoms with Gasteiger partial charge in [-0.2, -0.15) is 0 Å². The first-order chi connectivity index (χ1) is 16.3. The maximum atomic E-state index is 12.7. The van der Waals surface area contributed by atoms with Crippen LogP contribution in [0.2, 0.25) is 0 Å². The fourth-order valence-corrected chi connectivity index (χ4v) is 3.20. The molecule has 34 heavy (non-hydrogen) atoms. The molecule has 0 radical (unpaired) electrons. The molecule has 0 saturated carbocycles. The van der Waals surface area contributed by atoms with Gasteiger partial charge in [0.1, 0.15) is 6.04 Å². The number of amides is 3. The number of nitrogens with one attached hydrogen (secondary N) is 3. The summed E-state index contributed by atoms with van der Waals surface area (Å²) in [5.74, 6) is -1.50. The lowest BCUT2D eigenvalue weighted by molar-refractivity contribution is -0.384. The molecule has 0 fully saturated rings. The van der Waals surface area contributed by atoms with E-state index in [1.54, 1.807) is 24.3 Å². The van der Waals surface area contributed by atoms with Crippen molar-refractivity contribution in [1.29, 1.82) is 0 Å². The monoisotopic (exact) mass is 460 g/mol. The summed E-state index contributed by atoms with van der Waals surface area (Å²) in [4.78, 5) is 48.1. The minimum absolute atomic E-state index is 0.0621. The zero-order valence-electron chi connectivity index (χ0n) is 18.5. The van der Waals surface area contributed by atoms with Gasteiger partial charge in [0.25, 0.3) is 17.5 Å². The molecule has 0 aliphatic heterocycles. The van der Waals surface area contributed by atoms with Gasteiger partial charge in [0.05, 0.1) is 16.2 Å². The third-order valence-electron chi connectivity index (χ3n) is 5.03. The van der Waals surface area contributed by atoms with Crippen molar-refractivity contribution in [2.24, 2.45) is 0 Å². The second kappa shape index (κ2) is 11.4. The molecule has 0 saturated heterocycles. The SMILES string of the molecule is CC(NC(=O)c1cccc([N+](=O)[O-])c1)C(=O)Nc1ccccc1C(=O)NCCc1ccccc1. The Labute approximate surface area is 196 Å². The summed E-state index contributed by atoms with van der Waals surface area (Å²) in [6, 6.07) is 20.6. The van der Waals surface area contributed by atoms with Gasteiger partial charge in [0.15, 0.2) is 0 Å².